The minimum absolute atomic E-state index is 0.0161. The minimum Gasteiger partial charge on any atom is -0.377 e. The first-order valence-corrected chi connectivity index (χ1v) is 10.2. The molecule has 0 saturated heterocycles. The standard InChI is InChI=1S/C23H31FN4O2/c1-6-16(3)28(22(29)17-8-10-19(24)11-9-17)15-18-14-20(26-23(30)25-7-2)12-13-21(18)27(4)5/h8-14,16H,6-7,15H2,1-5H3,(H2,25,26,30)/t16-/m1/s1. The third kappa shape index (κ3) is 5.95. The van der Waals surface area contributed by atoms with E-state index in [9.17, 15) is 14.0 Å². The normalized spacial score (nSPS) is 11.5. The Balaban J connectivity index is 2.38. The summed E-state index contributed by atoms with van der Waals surface area (Å²) in [6.45, 7) is 6.76. The van der Waals surface area contributed by atoms with Crippen molar-refractivity contribution >= 4 is 23.3 Å². The lowest BCUT2D eigenvalue weighted by molar-refractivity contribution is 0.0672. The van der Waals surface area contributed by atoms with Crippen molar-refractivity contribution in [2.45, 2.75) is 39.8 Å². The van der Waals surface area contributed by atoms with Crippen LogP contribution in [0.2, 0.25) is 0 Å². The molecule has 7 heteroatoms. The van der Waals surface area contributed by atoms with Gasteiger partial charge in [0.2, 0.25) is 0 Å². The SMILES string of the molecule is CCNC(=O)Nc1ccc(N(C)C)c(CN(C(=O)c2ccc(F)cc2)[C@H](C)CC)c1. The second-order valence-electron chi connectivity index (χ2n) is 7.42. The molecule has 0 fully saturated rings. The van der Waals surface area contributed by atoms with E-state index < -0.39 is 0 Å². The number of nitrogens with one attached hydrogen (secondary N) is 2. The molecule has 0 bridgehead atoms. The van der Waals surface area contributed by atoms with Crippen LogP contribution in [0.5, 0.6) is 0 Å². The highest BCUT2D eigenvalue weighted by Crippen LogP contribution is 2.26. The summed E-state index contributed by atoms with van der Waals surface area (Å²) in [6.07, 6.45) is 0.779. The maximum Gasteiger partial charge on any atom is 0.319 e. The van der Waals surface area contributed by atoms with Crippen LogP contribution in [0.3, 0.4) is 0 Å². The van der Waals surface area contributed by atoms with Crippen LogP contribution in [0.25, 0.3) is 0 Å². The maximum atomic E-state index is 13.3. The van der Waals surface area contributed by atoms with Gasteiger partial charge in [-0.15, -0.1) is 0 Å². The summed E-state index contributed by atoms with van der Waals surface area (Å²) in [5, 5.41) is 5.53. The number of hydrogen-bond acceptors (Lipinski definition) is 3. The molecule has 0 radical (unpaired) electrons. The Kier molecular flexibility index (Phi) is 8.21. The van der Waals surface area contributed by atoms with Crippen molar-refractivity contribution in [3.63, 3.8) is 0 Å². The third-order valence-electron chi connectivity index (χ3n) is 4.97. The number of carbonyl (C=O) groups is 2. The van der Waals surface area contributed by atoms with Crippen LogP contribution in [0.1, 0.15) is 43.1 Å². The Morgan fingerprint density at radius 1 is 1.07 bits per heavy atom. The molecule has 2 N–H and O–H groups in total. The molecule has 30 heavy (non-hydrogen) atoms. The summed E-state index contributed by atoms with van der Waals surface area (Å²) in [4.78, 5) is 28.9. The summed E-state index contributed by atoms with van der Waals surface area (Å²) in [5.41, 5.74) is 2.96. The molecule has 2 aromatic carbocycles. The van der Waals surface area contributed by atoms with Gasteiger partial charge in [-0.25, -0.2) is 9.18 Å². The summed E-state index contributed by atoms with van der Waals surface area (Å²) < 4.78 is 13.3. The molecule has 3 amide bonds. The predicted molar refractivity (Wildman–Crippen MR) is 119 cm³/mol. The van der Waals surface area contributed by atoms with E-state index in [1.54, 1.807) is 4.90 Å². The second-order valence-corrected chi connectivity index (χ2v) is 7.42. The van der Waals surface area contributed by atoms with Gasteiger partial charge in [0.1, 0.15) is 5.82 Å². The van der Waals surface area contributed by atoms with E-state index in [2.05, 4.69) is 10.6 Å². The molecule has 0 saturated carbocycles. The van der Waals surface area contributed by atoms with Crippen molar-refractivity contribution in [3.05, 3.63) is 59.4 Å². The van der Waals surface area contributed by atoms with Crippen molar-refractivity contribution < 1.29 is 14.0 Å². The molecule has 0 spiro atoms. The van der Waals surface area contributed by atoms with E-state index in [0.717, 1.165) is 17.7 Å². The lowest BCUT2D eigenvalue weighted by Crippen LogP contribution is -2.38. The van der Waals surface area contributed by atoms with Gasteiger partial charge < -0.3 is 20.4 Å². The number of nitrogens with zero attached hydrogens (tertiary/aromatic N) is 2. The zero-order chi connectivity index (χ0) is 22.3. The molecule has 0 aliphatic rings. The minimum atomic E-state index is -0.374. The van der Waals surface area contributed by atoms with Gasteiger partial charge >= 0.3 is 6.03 Å². The smallest absolute Gasteiger partial charge is 0.319 e. The zero-order valence-corrected chi connectivity index (χ0v) is 18.3. The quantitative estimate of drug-likeness (QED) is 0.670. The van der Waals surface area contributed by atoms with Crippen LogP contribution in [0.4, 0.5) is 20.6 Å². The van der Waals surface area contributed by atoms with Gasteiger partial charge in [-0.3, -0.25) is 4.79 Å². The topological polar surface area (TPSA) is 64.7 Å². The van der Waals surface area contributed by atoms with E-state index in [1.807, 2.05) is 58.0 Å². The molecule has 2 rings (SSSR count). The van der Waals surface area contributed by atoms with Crippen LogP contribution in [0.15, 0.2) is 42.5 Å². The lowest BCUT2D eigenvalue weighted by Gasteiger charge is -2.31. The van der Waals surface area contributed by atoms with Crippen molar-refractivity contribution in [3.8, 4) is 0 Å². The Labute approximate surface area is 178 Å². The van der Waals surface area contributed by atoms with Gasteiger partial charge in [0.15, 0.2) is 0 Å². The zero-order valence-electron chi connectivity index (χ0n) is 18.3. The molecule has 0 aromatic heterocycles. The van der Waals surface area contributed by atoms with Gasteiger partial charge in [-0.1, -0.05) is 6.92 Å². The monoisotopic (exact) mass is 414 g/mol. The number of anilines is 2. The van der Waals surface area contributed by atoms with Gasteiger partial charge in [0.05, 0.1) is 0 Å². The van der Waals surface area contributed by atoms with Crippen LogP contribution in [-0.2, 0) is 6.54 Å². The van der Waals surface area contributed by atoms with Gasteiger partial charge in [-0.2, -0.15) is 0 Å². The van der Waals surface area contributed by atoms with E-state index in [0.29, 0.717) is 24.3 Å². The number of urea groups is 1. The first-order valence-electron chi connectivity index (χ1n) is 10.2. The first-order chi connectivity index (χ1) is 14.3. The largest absolute Gasteiger partial charge is 0.377 e. The first kappa shape index (κ1) is 23.2. The molecule has 0 aliphatic heterocycles. The summed E-state index contributed by atoms with van der Waals surface area (Å²) >= 11 is 0. The van der Waals surface area contributed by atoms with E-state index >= 15 is 0 Å². The van der Waals surface area contributed by atoms with Gasteiger partial charge in [0.25, 0.3) is 5.91 Å². The Hall–Kier alpha value is -3.09. The molecular weight excluding hydrogens is 383 g/mol. The van der Waals surface area contributed by atoms with Crippen LogP contribution >= 0.6 is 0 Å². The Morgan fingerprint density at radius 3 is 2.30 bits per heavy atom. The molecule has 0 heterocycles. The highest BCUT2D eigenvalue weighted by atomic mass is 19.1. The fourth-order valence-corrected chi connectivity index (χ4v) is 3.15. The average molecular weight is 415 g/mol. The molecule has 2 aromatic rings. The third-order valence-corrected chi connectivity index (χ3v) is 4.97. The highest BCUT2D eigenvalue weighted by Gasteiger charge is 2.22. The fraction of sp³-hybridized carbons (Fsp3) is 0.391. The summed E-state index contributed by atoms with van der Waals surface area (Å²) in [5.74, 6) is -0.531. The average Bonchev–Trinajstić information content (AvgIpc) is 2.71. The lowest BCUT2D eigenvalue weighted by atomic mass is 10.1. The number of amides is 3. The summed E-state index contributed by atoms with van der Waals surface area (Å²) in [7, 11) is 3.87. The molecule has 0 aliphatic carbocycles. The molecular formula is C23H31FN4O2. The number of rotatable bonds is 8. The number of hydrogen-bond donors (Lipinski definition) is 2. The number of benzene rings is 2. The van der Waals surface area contributed by atoms with E-state index in [1.165, 1.54) is 24.3 Å². The maximum absolute atomic E-state index is 13.3. The Bertz CT molecular complexity index is 868. The highest BCUT2D eigenvalue weighted by molar-refractivity contribution is 5.94. The molecule has 162 valence electrons. The van der Waals surface area contributed by atoms with Crippen molar-refractivity contribution in [2.75, 3.05) is 30.9 Å². The van der Waals surface area contributed by atoms with Crippen molar-refractivity contribution in [2.24, 2.45) is 0 Å². The van der Waals surface area contributed by atoms with E-state index in [-0.39, 0.29) is 23.8 Å². The van der Waals surface area contributed by atoms with Crippen molar-refractivity contribution in [1.29, 1.82) is 0 Å². The molecule has 6 nitrogen and oxygen atoms in total. The molecule has 1 atom stereocenters. The second kappa shape index (κ2) is 10.6. The number of halogens is 1. The van der Waals surface area contributed by atoms with Crippen molar-refractivity contribution in [1.82, 2.24) is 10.2 Å². The predicted octanol–water partition coefficient (Wildman–Crippen LogP) is 4.47. The molecule has 0 unspecified atom stereocenters. The van der Waals surface area contributed by atoms with E-state index in [4.69, 9.17) is 0 Å². The van der Waals surface area contributed by atoms with Crippen LogP contribution in [0, 0.1) is 5.82 Å². The summed E-state index contributed by atoms with van der Waals surface area (Å²) in [6, 6.07) is 11.0. The van der Waals surface area contributed by atoms with Gasteiger partial charge in [0, 0.05) is 50.2 Å². The van der Waals surface area contributed by atoms with Gasteiger partial charge in [-0.05, 0) is 68.3 Å². The van der Waals surface area contributed by atoms with Crippen LogP contribution in [-0.4, -0.2) is 43.5 Å². The number of carbonyl (C=O) groups excluding carboxylic acids is 2. The van der Waals surface area contributed by atoms with Crippen LogP contribution < -0.4 is 15.5 Å². The Morgan fingerprint density at radius 2 is 1.73 bits per heavy atom. The fourth-order valence-electron chi connectivity index (χ4n) is 3.15.